The summed E-state index contributed by atoms with van der Waals surface area (Å²) in [5.74, 6) is 0.902. The molecule has 1 aliphatic carbocycles. The van der Waals surface area contributed by atoms with Gasteiger partial charge in [0.05, 0.1) is 16.5 Å². The maximum atomic E-state index is 12.9. The predicted molar refractivity (Wildman–Crippen MR) is 127 cm³/mol. The molecule has 1 saturated carbocycles. The molecule has 2 heterocycles. The van der Waals surface area contributed by atoms with Crippen LogP contribution in [0.2, 0.25) is 0 Å². The average molecular weight is 466 g/mol. The van der Waals surface area contributed by atoms with Crippen LogP contribution in [0.15, 0.2) is 47.4 Å². The van der Waals surface area contributed by atoms with E-state index >= 15 is 0 Å². The summed E-state index contributed by atoms with van der Waals surface area (Å²) in [5, 5.41) is 8.93. The Morgan fingerprint density at radius 1 is 0.879 bits per heavy atom. The van der Waals surface area contributed by atoms with Crippen molar-refractivity contribution in [3.05, 3.63) is 59.2 Å². The normalized spacial score (nSPS) is 20.9. The minimum Gasteiger partial charge on any atom is -0.490 e. The van der Waals surface area contributed by atoms with Crippen LogP contribution in [0.4, 0.5) is 0 Å². The molecule has 0 aromatic heterocycles. The fourth-order valence-electron chi connectivity index (χ4n) is 5.14. The second kappa shape index (κ2) is 9.46. The van der Waals surface area contributed by atoms with E-state index in [9.17, 15) is 8.42 Å². The van der Waals surface area contributed by atoms with Crippen molar-refractivity contribution in [2.24, 2.45) is 0 Å². The average Bonchev–Trinajstić information content (AvgIpc) is 3.01. The van der Waals surface area contributed by atoms with Crippen LogP contribution < -0.4 is 4.74 Å². The summed E-state index contributed by atoms with van der Waals surface area (Å²) in [4.78, 5) is 2.90. The predicted octanol–water partition coefficient (Wildman–Crippen LogP) is 3.74. The zero-order chi connectivity index (χ0) is 22.8. The van der Waals surface area contributed by atoms with Gasteiger partial charge in [-0.1, -0.05) is 12.5 Å². The molecule has 0 unspecified atom stereocenters. The molecule has 0 spiro atoms. The lowest BCUT2D eigenvalue weighted by Crippen LogP contribution is -2.41. The maximum Gasteiger partial charge on any atom is 0.243 e. The molecule has 6 nitrogen and oxygen atoms in total. The van der Waals surface area contributed by atoms with Gasteiger partial charge in [0.2, 0.25) is 10.0 Å². The van der Waals surface area contributed by atoms with Crippen LogP contribution >= 0.6 is 0 Å². The minimum absolute atomic E-state index is 0.0210. The summed E-state index contributed by atoms with van der Waals surface area (Å²) in [6, 6.07) is 15.4. The Balaban J connectivity index is 1.18. The van der Waals surface area contributed by atoms with Gasteiger partial charge in [-0.3, -0.25) is 4.90 Å². The van der Waals surface area contributed by atoms with Gasteiger partial charge in [-0.25, -0.2) is 8.42 Å². The first-order chi connectivity index (χ1) is 16.0. The van der Waals surface area contributed by atoms with Crippen molar-refractivity contribution in [3.63, 3.8) is 0 Å². The van der Waals surface area contributed by atoms with E-state index in [4.69, 9.17) is 10.00 Å². The van der Waals surface area contributed by atoms with E-state index in [0.29, 0.717) is 31.5 Å². The summed E-state index contributed by atoms with van der Waals surface area (Å²) in [6.07, 6.45) is 7.62. The van der Waals surface area contributed by atoms with Crippen LogP contribution in [0.3, 0.4) is 0 Å². The summed E-state index contributed by atoms with van der Waals surface area (Å²) in [6.45, 7) is 3.17. The van der Waals surface area contributed by atoms with Gasteiger partial charge in [-0.15, -0.1) is 0 Å². The Morgan fingerprint density at radius 2 is 1.58 bits per heavy atom. The number of nitrogens with zero attached hydrogens (tertiary/aromatic N) is 3. The van der Waals surface area contributed by atoms with Gasteiger partial charge in [0.1, 0.15) is 11.9 Å². The molecule has 5 rings (SSSR count). The van der Waals surface area contributed by atoms with Gasteiger partial charge in [0.25, 0.3) is 0 Å². The van der Waals surface area contributed by atoms with Crippen LogP contribution in [0, 0.1) is 11.3 Å². The Kier molecular flexibility index (Phi) is 6.42. The van der Waals surface area contributed by atoms with Gasteiger partial charge in [-0.05, 0) is 86.1 Å². The monoisotopic (exact) mass is 465 g/mol. The van der Waals surface area contributed by atoms with E-state index in [2.05, 4.69) is 23.1 Å². The first kappa shape index (κ1) is 22.4. The summed E-state index contributed by atoms with van der Waals surface area (Å²) >= 11 is 0. The summed E-state index contributed by atoms with van der Waals surface area (Å²) < 4.78 is 33.7. The third-order valence-electron chi connectivity index (χ3n) is 7.43. The second-order valence-electron chi connectivity index (χ2n) is 9.41. The van der Waals surface area contributed by atoms with Gasteiger partial charge in [0.15, 0.2) is 0 Å². The Bertz CT molecular complexity index is 1130. The van der Waals surface area contributed by atoms with Crippen molar-refractivity contribution in [2.45, 2.75) is 62.0 Å². The molecule has 0 amide bonds. The molecule has 7 heteroatoms. The van der Waals surface area contributed by atoms with Crippen LogP contribution in [0.1, 0.15) is 48.8 Å². The molecule has 33 heavy (non-hydrogen) atoms. The molecule has 174 valence electrons. The number of hydrogen-bond donors (Lipinski definition) is 0. The smallest absolute Gasteiger partial charge is 0.243 e. The van der Waals surface area contributed by atoms with Crippen LogP contribution in [0.5, 0.6) is 5.75 Å². The van der Waals surface area contributed by atoms with Crippen molar-refractivity contribution in [1.82, 2.24) is 9.21 Å². The fraction of sp³-hybridized carbons (Fsp3) is 0.500. The second-order valence-corrected chi connectivity index (χ2v) is 11.3. The molecular weight excluding hydrogens is 434 g/mol. The van der Waals surface area contributed by atoms with E-state index in [-0.39, 0.29) is 11.0 Å². The molecular formula is C26H31N3O3S. The summed E-state index contributed by atoms with van der Waals surface area (Å²) in [5.41, 5.74) is 3.29. The zero-order valence-electron chi connectivity index (χ0n) is 18.9. The van der Waals surface area contributed by atoms with Crippen LogP contribution in [0.25, 0.3) is 0 Å². The molecule has 0 bridgehead atoms. The highest BCUT2D eigenvalue weighted by atomic mass is 32.2. The van der Waals surface area contributed by atoms with Crippen molar-refractivity contribution in [1.29, 1.82) is 5.26 Å². The third-order valence-corrected chi connectivity index (χ3v) is 9.34. The molecule has 0 radical (unpaired) electrons. The molecule has 0 N–H and O–H groups in total. The van der Waals surface area contributed by atoms with E-state index in [1.165, 1.54) is 46.8 Å². The largest absolute Gasteiger partial charge is 0.490 e. The quantitative estimate of drug-likeness (QED) is 0.673. The molecule has 2 aromatic carbocycles. The maximum absolute atomic E-state index is 12.9. The van der Waals surface area contributed by atoms with Crippen LogP contribution in [-0.2, 0) is 22.9 Å². The summed E-state index contributed by atoms with van der Waals surface area (Å²) in [7, 11) is -3.55. The third kappa shape index (κ3) is 4.79. The van der Waals surface area contributed by atoms with Gasteiger partial charge in [0, 0.05) is 32.2 Å². The molecule has 3 aliphatic rings. The topological polar surface area (TPSA) is 73.6 Å². The van der Waals surface area contributed by atoms with Crippen molar-refractivity contribution in [3.8, 4) is 11.8 Å². The van der Waals surface area contributed by atoms with Crippen LogP contribution in [-0.4, -0.2) is 55.9 Å². The van der Waals surface area contributed by atoms with Gasteiger partial charge < -0.3 is 4.74 Å². The molecule has 1 saturated heterocycles. The lowest BCUT2D eigenvalue weighted by atomic mass is 9.91. The number of hydrogen-bond acceptors (Lipinski definition) is 5. The first-order valence-electron chi connectivity index (χ1n) is 12.1. The lowest BCUT2D eigenvalue weighted by Gasteiger charge is -2.36. The molecule has 2 aliphatic heterocycles. The standard InChI is InChI=1S/C26H31N3O3S/c27-19-20-4-8-26(9-5-20)33(30,31)29-16-12-24(13-17-29)32-25-7-6-21-10-14-28(23-2-1-3-23)15-11-22(21)18-25/h4-9,18,23-24H,1-3,10-17H2. The van der Waals surface area contributed by atoms with Gasteiger partial charge >= 0.3 is 0 Å². The highest BCUT2D eigenvalue weighted by Crippen LogP contribution is 2.30. The van der Waals surface area contributed by atoms with E-state index < -0.39 is 10.0 Å². The number of benzene rings is 2. The number of nitriles is 1. The van der Waals surface area contributed by atoms with Crippen molar-refractivity contribution < 1.29 is 13.2 Å². The lowest BCUT2D eigenvalue weighted by molar-refractivity contribution is 0.133. The van der Waals surface area contributed by atoms with Crippen molar-refractivity contribution >= 4 is 10.0 Å². The number of ether oxygens (including phenoxy) is 1. The molecule has 2 aromatic rings. The first-order valence-corrected chi connectivity index (χ1v) is 13.5. The Labute approximate surface area is 196 Å². The number of rotatable bonds is 5. The Hall–Kier alpha value is -2.40. The SMILES string of the molecule is N#Cc1ccc(S(=O)(=O)N2CCC(Oc3ccc4c(c3)CCN(C3CCC3)CC4)CC2)cc1. The number of fused-ring (bicyclic) bond motifs is 1. The fourth-order valence-corrected chi connectivity index (χ4v) is 6.61. The van der Waals surface area contributed by atoms with Crippen molar-refractivity contribution in [2.75, 3.05) is 26.2 Å². The highest BCUT2D eigenvalue weighted by molar-refractivity contribution is 7.89. The van der Waals surface area contributed by atoms with E-state index in [0.717, 1.165) is 37.7 Å². The minimum atomic E-state index is -3.55. The van der Waals surface area contributed by atoms with E-state index in [1.807, 2.05) is 6.07 Å². The highest BCUT2D eigenvalue weighted by Gasteiger charge is 2.30. The molecule has 2 fully saturated rings. The van der Waals surface area contributed by atoms with E-state index in [1.54, 1.807) is 12.1 Å². The number of sulfonamides is 1. The zero-order valence-corrected chi connectivity index (χ0v) is 19.8. The Morgan fingerprint density at radius 3 is 2.21 bits per heavy atom. The number of piperidine rings is 1. The van der Waals surface area contributed by atoms with Gasteiger partial charge in [-0.2, -0.15) is 9.57 Å². The molecule has 0 atom stereocenters.